The summed E-state index contributed by atoms with van der Waals surface area (Å²) in [6, 6.07) is 0.209. The van der Waals surface area contributed by atoms with E-state index in [-0.39, 0.29) is 22.9 Å². The van der Waals surface area contributed by atoms with E-state index in [1.807, 2.05) is 13.8 Å². The highest BCUT2D eigenvalue weighted by molar-refractivity contribution is 5.86. The number of amides is 1. The van der Waals surface area contributed by atoms with Crippen molar-refractivity contribution in [1.82, 2.24) is 5.32 Å². The molecular weight excluding hydrogens is 134 g/mol. The van der Waals surface area contributed by atoms with Crippen LogP contribution in [0.4, 0.5) is 0 Å². The lowest BCUT2D eigenvalue weighted by atomic mass is 10.4. The Morgan fingerprint density at radius 2 is 1.90 bits per heavy atom. The molecule has 0 aromatic carbocycles. The van der Waals surface area contributed by atoms with Gasteiger partial charge in [-0.2, -0.15) is 0 Å². The summed E-state index contributed by atoms with van der Waals surface area (Å²) in [5.74, 6) is -0.111. The van der Waals surface area contributed by atoms with Crippen LogP contribution in [0.25, 0.3) is 0 Å². The Hall–Kier alpha value is -0.870. The van der Waals surface area contributed by atoms with Gasteiger partial charge in [0.25, 0.3) is 0 Å². The molecule has 0 aromatic rings. The van der Waals surface area contributed by atoms with Gasteiger partial charge in [0.1, 0.15) is 0 Å². The van der Waals surface area contributed by atoms with Gasteiger partial charge < -0.3 is 16.3 Å². The molecule has 0 saturated carbocycles. The van der Waals surface area contributed by atoms with Crippen molar-refractivity contribution in [3.05, 3.63) is 12.7 Å². The van der Waals surface area contributed by atoms with E-state index in [0.29, 0.717) is 0 Å². The van der Waals surface area contributed by atoms with Gasteiger partial charge in [-0.05, 0) is 19.9 Å². The molecule has 1 amide bonds. The lowest BCUT2D eigenvalue weighted by Crippen LogP contribution is -2.27. The molecule has 0 radical (unpaired) electrons. The van der Waals surface area contributed by atoms with Crippen molar-refractivity contribution in [2.75, 3.05) is 0 Å². The minimum Gasteiger partial charge on any atom is -0.412 e. The van der Waals surface area contributed by atoms with Crippen LogP contribution in [0.1, 0.15) is 13.8 Å². The average molecular weight is 149 g/mol. The molecule has 4 heteroatoms. The minimum absolute atomic E-state index is 0. The Kier molecular flexibility index (Phi) is 13.1. The standard InChI is InChI=1S/C6H11NO.2H2O/c1-4-6(8)7-5(2)3;;/h4-5H,1H2,2-3H3,(H,7,8);2*1H2. The van der Waals surface area contributed by atoms with Crippen molar-refractivity contribution < 1.29 is 15.7 Å². The van der Waals surface area contributed by atoms with Crippen LogP contribution < -0.4 is 5.32 Å². The van der Waals surface area contributed by atoms with Crippen LogP contribution in [0.3, 0.4) is 0 Å². The van der Waals surface area contributed by atoms with Crippen LogP contribution in [0.2, 0.25) is 0 Å². The van der Waals surface area contributed by atoms with Crippen molar-refractivity contribution in [3.63, 3.8) is 0 Å². The first-order valence-electron chi connectivity index (χ1n) is 2.59. The first-order valence-corrected chi connectivity index (χ1v) is 2.59. The quantitative estimate of drug-likeness (QED) is 0.503. The van der Waals surface area contributed by atoms with Gasteiger partial charge in [-0.15, -0.1) is 0 Å². The fourth-order valence-corrected chi connectivity index (χ4v) is 0.343. The number of hydrogen-bond donors (Lipinski definition) is 1. The van der Waals surface area contributed by atoms with Crippen molar-refractivity contribution in [3.8, 4) is 0 Å². The van der Waals surface area contributed by atoms with Crippen LogP contribution in [0.5, 0.6) is 0 Å². The molecule has 0 heterocycles. The van der Waals surface area contributed by atoms with Gasteiger partial charge in [0.2, 0.25) is 5.91 Å². The molecule has 10 heavy (non-hydrogen) atoms. The van der Waals surface area contributed by atoms with Crippen LogP contribution in [-0.2, 0) is 4.79 Å². The second-order valence-electron chi connectivity index (χ2n) is 1.87. The van der Waals surface area contributed by atoms with Crippen LogP contribution in [-0.4, -0.2) is 22.9 Å². The Bertz CT molecular complexity index is 101. The lowest BCUT2D eigenvalue weighted by Gasteiger charge is -2.02. The van der Waals surface area contributed by atoms with Gasteiger partial charge in [0.05, 0.1) is 0 Å². The molecular formula is C6H15NO3. The number of carbonyl (C=O) groups excluding carboxylic acids is 1. The third-order valence-corrected chi connectivity index (χ3v) is 0.616. The monoisotopic (exact) mass is 149 g/mol. The van der Waals surface area contributed by atoms with Crippen molar-refractivity contribution in [2.24, 2.45) is 0 Å². The first kappa shape index (κ1) is 16.1. The summed E-state index contributed by atoms with van der Waals surface area (Å²) in [4.78, 5) is 10.4. The normalized spacial score (nSPS) is 7.10. The average Bonchev–Trinajstić information content (AvgIpc) is 1.65. The second kappa shape index (κ2) is 8.13. The maximum atomic E-state index is 10.4. The highest BCUT2D eigenvalue weighted by Gasteiger charge is 1.93. The molecule has 0 unspecified atom stereocenters. The van der Waals surface area contributed by atoms with Gasteiger partial charge in [0.15, 0.2) is 0 Å². The Morgan fingerprint density at radius 3 is 2.00 bits per heavy atom. The van der Waals surface area contributed by atoms with E-state index in [0.717, 1.165) is 0 Å². The molecule has 0 saturated heterocycles. The predicted octanol–water partition coefficient (Wildman–Crippen LogP) is -0.952. The third-order valence-electron chi connectivity index (χ3n) is 0.616. The Balaban J connectivity index is -0.000000245. The number of carbonyl (C=O) groups is 1. The maximum Gasteiger partial charge on any atom is 0.243 e. The summed E-state index contributed by atoms with van der Waals surface area (Å²) in [6.07, 6.45) is 1.26. The first-order chi connectivity index (χ1) is 3.66. The zero-order chi connectivity index (χ0) is 6.57. The fraction of sp³-hybridized carbons (Fsp3) is 0.500. The summed E-state index contributed by atoms with van der Waals surface area (Å²) in [6.45, 7) is 7.11. The zero-order valence-electron chi connectivity index (χ0n) is 6.27. The minimum atomic E-state index is -0.111. The number of hydrogen-bond acceptors (Lipinski definition) is 1. The molecule has 0 spiro atoms. The van der Waals surface area contributed by atoms with Gasteiger partial charge in [-0.3, -0.25) is 4.79 Å². The second-order valence-corrected chi connectivity index (χ2v) is 1.87. The molecule has 0 aliphatic rings. The van der Waals surface area contributed by atoms with Gasteiger partial charge in [0, 0.05) is 6.04 Å². The topological polar surface area (TPSA) is 92.1 Å². The van der Waals surface area contributed by atoms with Crippen LogP contribution >= 0.6 is 0 Å². The molecule has 62 valence electrons. The van der Waals surface area contributed by atoms with Crippen LogP contribution in [0, 0.1) is 0 Å². The van der Waals surface area contributed by atoms with Gasteiger partial charge in [-0.1, -0.05) is 6.58 Å². The van der Waals surface area contributed by atoms with Gasteiger partial charge >= 0.3 is 0 Å². The van der Waals surface area contributed by atoms with E-state index in [2.05, 4.69) is 11.9 Å². The molecule has 0 fully saturated rings. The van der Waals surface area contributed by atoms with Crippen molar-refractivity contribution in [1.29, 1.82) is 0 Å². The number of rotatable bonds is 2. The van der Waals surface area contributed by atoms with E-state index in [4.69, 9.17) is 0 Å². The smallest absolute Gasteiger partial charge is 0.243 e. The van der Waals surface area contributed by atoms with Gasteiger partial charge in [-0.25, -0.2) is 0 Å². The molecule has 0 bridgehead atoms. The van der Waals surface area contributed by atoms with E-state index < -0.39 is 0 Å². The van der Waals surface area contributed by atoms with Crippen molar-refractivity contribution in [2.45, 2.75) is 19.9 Å². The molecule has 0 aliphatic heterocycles. The van der Waals surface area contributed by atoms with E-state index in [9.17, 15) is 4.79 Å². The van der Waals surface area contributed by atoms with E-state index >= 15 is 0 Å². The third kappa shape index (κ3) is 10.2. The summed E-state index contributed by atoms with van der Waals surface area (Å²) in [7, 11) is 0. The molecule has 5 N–H and O–H groups in total. The lowest BCUT2D eigenvalue weighted by molar-refractivity contribution is -0.116. The molecule has 0 rings (SSSR count). The fourth-order valence-electron chi connectivity index (χ4n) is 0.343. The molecule has 0 aromatic heterocycles. The Labute approximate surface area is 60.5 Å². The van der Waals surface area contributed by atoms with E-state index in [1.165, 1.54) is 6.08 Å². The van der Waals surface area contributed by atoms with E-state index in [1.54, 1.807) is 0 Å². The summed E-state index contributed by atoms with van der Waals surface area (Å²) < 4.78 is 0. The van der Waals surface area contributed by atoms with Crippen molar-refractivity contribution >= 4 is 5.91 Å². The molecule has 4 nitrogen and oxygen atoms in total. The zero-order valence-corrected chi connectivity index (χ0v) is 6.27. The predicted molar refractivity (Wildman–Crippen MR) is 40.7 cm³/mol. The molecule has 0 aliphatic carbocycles. The maximum absolute atomic E-state index is 10.4. The summed E-state index contributed by atoms with van der Waals surface area (Å²) in [5, 5.41) is 2.64. The number of nitrogens with one attached hydrogen (secondary N) is 1. The highest BCUT2D eigenvalue weighted by Crippen LogP contribution is 1.75. The summed E-state index contributed by atoms with van der Waals surface area (Å²) >= 11 is 0. The SMILES string of the molecule is C=CC(=O)NC(C)C.O.O. The Morgan fingerprint density at radius 1 is 1.50 bits per heavy atom. The molecule has 0 atom stereocenters. The highest BCUT2D eigenvalue weighted by atomic mass is 16.1. The van der Waals surface area contributed by atoms with Crippen LogP contribution in [0.15, 0.2) is 12.7 Å². The summed E-state index contributed by atoms with van der Waals surface area (Å²) in [5.41, 5.74) is 0. The largest absolute Gasteiger partial charge is 0.412 e.